The molecule has 0 aromatic carbocycles. The molecule has 2 heterocycles. The largest absolute Gasteiger partial charge is 0.480 e. The molecule has 2 aliphatic heterocycles. The van der Waals surface area contributed by atoms with Crippen molar-refractivity contribution in [1.82, 2.24) is 16.0 Å². The molecule has 12 N–H and O–H groups in total. The molecule has 15 nitrogen and oxygen atoms in total. The van der Waals surface area contributed by atoms with Crippen LogP contribution in [0.4, 0.5) is 0 Å². The lowest BCUT2D eigenvalue weighted by Gasteiger charge is -2.44. The Kier molecular flexibility index (Phi) is 12.6. The molecule has 214 valence electrons. The van der Waals surface area contributed by atoms with Gasteiger partial charge in [0.25, 0.3) is 0 Å². The summed E-state index contributed by atoms with van der Waals surface area (Å²) in [5.41, 5.74) is 21.2. The quantitative estimate of drug-likeness (QED) is 0.0642. The average molecular weight is 577 g/mol. The average Bonchev–Trinajstić information content (AvgIpc) is 2.81. The van der Waals surface area contributed by atoms with Crippen LogP contribution in [0, 0.1) is 0 Å². The Morgan fingerprint density at radius 2 is 1.74 bits per heavy atom. The number of ether oxygens (including phenoxy) is 1. The molecule has 0 aliphatic carbocycles. The third kappa shape index (κ3) is 10.3. The van der Waals surface area contributed by atoms with Crippen LogP contribution in [0.25, 0.3) is 0 Å². The standard InChI is InChI=1S/C21H36N8O7S2/c22-11-7-37-38-8-14(19(34)35)28-18(33)12(2-1-5-26-20(24)25)29-21(9-36-10-21)4-3-15(30)13(6-16(23)31)27-17(11)32/h11-14,29H,1-10,22H2,(H2,23,31)(H,27,32)(H,28,33)(H,34,35)(H4,24,25,26)/t11-,12-,13-,14-/m0/s1. The molecule has 2 aliphatic rings. The van der Waals surface area contributed by atoms with Crippen molar-refractivity contribution in [2.45, 2.75) is 61.8 Å². The van der Waals surface area contributed by atoms with Crippen molar-refractivity contribution in [2.75, 3.05) is 31.3 Å². The van der Waals surface area contributed by atoms with Crippen LogP contribution in [0.15, 0.2) is 4.99 Å². The van der Waals surface area contributed by atoms with Crippen molar-refractivity contribution in [3.63, 3.8) is 0 Å². The predicted molar refractivity (Wildman–Crippen MR) is 143 cm³/mol. The van der Waals surface area contributed by atoms with E-state index in [0.717, 1.165) is 21.6 Å². The molecule has 2 rings (SSSR count). The number of nitrogens with zero attached hydrogens (tertiary/aromatic N) is 1. The minimum atomic E-state index is -1.22. The van der Waals surface area contributed by atoms with Crippen LogP contribution in [0.3, 0.4) is 0 Å². The molecule has 0 aromatic rings. The molecule has 0 radical (unpaired) electrons. The molecule has 0 bridgehead atoms. The van der Waals surface area contributed by atoms with E-state index in [2.05, 4.69) is 20.9 Å². The molecule has 3 amide bonds. The van der Waals surface area contributed by atoms with Crippen LogP contribution in [0.5, 0.6) is 0 Å². The summed E-state index contributed by atoms with van der Waals surface area (Å²) in [5.74, 6) is -3.53. The molecule has 2 saturated heterocycles. The van der Waals surface area contributed by atoms with Gasteiger partial charge in [0, 0.05) is 24.5 Å². The van der Waals surface area contributed by atoms with E-state index in [9.17, 15) is 29.1 Å². The molecule has 17 heteroatoms. The van der Waals surface area contributed by atoms with Crippen molar-refractivity contribution in [1.29, 1.82) is 0 Å². The summed E-state index contributed by atoms with van der Waals surface area (Å²) in [6, 6.07) is -4.19. The van der Waals surface area contributed by atoms with Gasteiger partial charge in [-0.1, -0.05) is 21.6 Å². The summed E-state index contributed by atoms with van der Waals surface area (Å²) < 4.78 is 5.37. The lowest BCUT2D eigenvalue weighted by atomic mass is 9.87. The number of aliphatic imine (C=N–C) groups is 1. The van der Waals surface area contributed by atoms with Gasteiger partial charge < -0.3 is 43.4 Å². The number of nitrogens with two attached hydrogens (primary N) is 4. The number of carbonyl (C=O) groups is 5. The van der Waals surface area contributed by atoms with Gasteiger partial charge in [0.05, 0.1) is 43.3 Å². The van der Waals surface area contributed by atoms with Gasteiger partial charge in [-0.05, 0) is 19.3 Å². The Hall–Kier alpha value is -2.60. The highest BCUT2D eigenvalue weighted by Gasteiger charge is 2.42. The van der Waals surface area contributed by atoms with E-state index in [0.29, 0.717) is 6.42 Å². The summed E-state index contributed by atoms with van der Waals surface area (Å²) in [6.45, 7) is 0.661. The Balaban J connectivity index is 2.28. The number of aliphatic carboxylic acids is 1. The van der Waals surface area contributed by atoms with Crippen molar-refractivity contribution < 1.29 is 33.8 Å². The van der Waals surface area contributed by atoms with E-state index in [1.807, 2.05) is 0 Å². The van der Waals surface area contributed by atoms with Gasteiger partial charge >= 0.3 is 5.97 Å². The fourth-order valence-corrected chi connectivity index (χ4v) is 6.09. The SMILES string of the molecule is NC(=O)C[C@@H]1NC(=O)[C@@H](N)CSSC[C@@H](C(=O)O)NC(=O)[C@H](CCCN=C(N)N)NC2(CCC1=O)COC2. The normalized spacial score (nSPS) is 27.3. The number of hydrogen-bond donors (Lipinski definition) is 8. The number of Topliss-reactive ketones (excluding diaryl/α,β-unsaturated/α-hetero) is 1. The van der Waals surface area contributed by atoms with E-state index in [1.165, 1.54) is 0 Å². The van der Waals surface area contributed by atoms with E-state index in [4.69, 9.17) is 27.7 Å². The number of rotatable bonds is 7. The summed E-state index contributed by atoms with van der Waals surface area (Å²) in [5, 5.41) is 18.0. The maximum absolute atomic E-state index is 13.2. The Morgan fingerprint density at radius 3 is 2.32 bits per heavy atom. The van der Waals surface area contributed by atoms with Gasteiger partial charge in [-0.2, -0.15) is 0 Å². The second-order valence-corrected chi connectivity index (χ2v) is 11.7. The summed E-state index contributed by atoms with van der Waals surface area (Å²) >= 11 is 0. The maximum atomic E-state index is 13.2. The highest BCUT2D eigenvalue weighted by atomic mass is 33.1. The fraction of sp³-hybridized carbons (Fsp3) is 0.714. The molecule has 0 aromatic heterocycles. The van der Waals surface area contributed by atoms with Gasteiger partial charge in [-0.25, -0.2) is 4.79 Å². The number of nitrogens with one attached hydrogen (secondary N) is 3. The number of carbonyl (C=O) groups excluding carboxylic acids is 4. The lowest BCUT2D eigenvalue weighted by molar-refractivity contribution is -0.142. The number of amides is 3. The molecular weight excluding hydrogens is 540 g/mol. The Labute approximate surface area is 227 Å². The maximum Gasteiger partial charge on any atom is 0.327 e. The number of hydrogen-bond acceptors (Lipinski definition) is 11. The third-order valence-electron chi connectivity index (χ3n) is 5.98. The van der Waals surface area contributed by atoms with Crippen LogP contribution < -0.4 is 38.9 Å². The molecule has 2 fully saturated rings. The van der Waals surface area contributed by atoms with E-state index >= 15 is 0 Å². The first kappa shape index (κ1) is 31.6. The van der Waals surface area contributed by atoms with Crippen molar-refractivity contribution >= 4 is 57.0 Å². The second-order valence-electron chi connectivity index (χ2n) is 9.19. The molecular formula is C21H36N8O7S2. The summed E-state index contributed by atoms with van der Waals surface area (Å²) in [6.07, 6.45) is 0.503. The van der Waals surface area contributed by atoms with Crippen LogP contribution >= 0.6 is 21.6 Å². The number of primary amides is 1. The number of guanidine groups is 1. The minimum Gasteiger partial charge on any atom is -0.480 e. The molecule has 0 unspecified atom stereocenters. The van der Waals surface area contributed by atoms with Gasteiger partial charge in [0.1, 0.15) is 6.04 Å². The summed E-state index contributed by atoms with van der Waals surface area (Å²) in [4.78, 5) is 66.0. The van der Waals surface area contributed by atoms with Gasteiger partial charge in [0.15, 0.2) is 11.7 Å². The Morgan fingerprint density at radius 1 is 1.05 bits per heavy atom. The second kappa shape index (κ2) is 15.1. The van der Waals surface area contributed by atoms with Crippen LogP contribution in [0.2, 0.25) is 0 Å². The van der Waals surface area contributed by atoms with Crippen molar-refractivity contribution in [3.05, 3.63) is 0 Å². The minimum absolute atomic E-state index is 0.0117. The first-order chi connectivity index (χ1) is 17.9. The zero-order valence-electron chi connectivity index (χ0n) is 20.9. The monoisotopic (exact) mass is 576 g/mol. The number of carboxylic acid groups (broad SMARTS) is 1. The fourth-order valence-electron chi connectivity index (χ4n) is 3.81. The number of carboxylic acids is 1. The van der Waals surface area contributed by atoms with E-state index in [-0.39, 0.29) is 62.9 Å². The Bertz CT molecular complexity index is 914. The van der Waals surface area contributed by atoms with Crippen LogP contribution in [-0.4, -0.2) is 102 Å². The van der Waals surface area contributed by atoms with Crippen molar-refractivity contribution in [3.8, 4) is 0 Å². The lowest BCUT2D eigenvalue weighted by Crippen LogP contribution is -2.66. The number of ketones is 1. The zero-order chi connectivity index (χ0) is 28.3. The smallest absolute Gasteiger partial charge is 0.327 e. The third-order valence-corrected chi connectivity index (χ3v) is 8.42. The molecule has 0 saturated carbocycles. The molecule has 38 heavy (non-hydrogen) atoms. The van der Waals surface area contributed by atoms with Crippen molar-refractivity contribution in [2.24, 2.45) is 27.9 Å². The topological polar surface area (TPSA) is 267 Å². The molecule has 4 atom stereocenters. The van der Waals surface area contributed by atoms with Crippen LogP contribution in [-0.2, 0) is 28.7 Å². The first-order valence-electron chi connectivity index (χ1n) is 12.0. The summed E-state index contributed by atoms with van der Waals surface area (Å²) in [7, 11) is 2.27. The highest BCUT2D eigenvalue weighted by molar-refractivity contribution is 8.76. The highest BCUT2D eigenvalue weighted by Crippen LogP contribution is 2.26. The zero-order valence-corrected chi connectivity index (χ0v) is 22.5. The van der Waals surface area contributed by atoms with E-state index < -0.39 is 59.2 Å². The predicted octanol–water partition coefficient (Wildman–Crippen LogP) is -3.23. The van der Waals surface area contributed by atoms with Gasteiger partial charge in [-0.3, -0.25) is 29.5 Å². The van der Waals surface area contributed by atoms with Gasteiger partial charge in [-0.15, -0.1) is 0 Å². The molecule has 1 spiro atoms. The van der Waals surface area contributed by atoms with Crippen LogP contribution in [0.1, 0.15) is 32.1 Å². The van der Waals surface area contributed by atoms with E-state index in [1.54, 1.807) is 0 Å². The van der Waals surface area contributed by atoms with Gasteiger partial charge in [0.2, 0.25) is 17.7 Å². The first-order valence-corrected chi connectivity index (χ1v) is 14.5.